The quantitative estimate of drug-likeness (QED) is 0.0427. The normalized spacial score (nSPS) is 20.5. The van der Waals surface area contributed by atoms with Gasteiger partial charge in [-0.1, -0.05) is 27.7 Å². The molecule has 4 atom stereocenters. The lowest BCUT2D eigenvalue weighted by atomic mass is 9.92. The van der Waals surface area contributed by atoms with E-state index in [1.54, 1.807) is 30.5 Å². The summed E-state index contributed by atoms with van der Waals surface area (Å²) in [5, 5.41) is 13.9. The summed E-state index contributed by atoms with van der Waals surface area (Å²) in [6.07, 6.45) is 7.13. The minimum atomic E-state index is -0.153. The van der Waals surface area contributed by atoms with Gasteiger partial charge in [0, 0.05) is 58.1 Å². The topological polar surface area (TPSA) is 160 Å². The van der Waals surface area contributed by atoms with Crippen LogP contribution in [0.25, 0.3) is 11.3 Å². The number of nitrogens with one attached hydrogen (secondary N) is 1. The maximum absolute atomic E-state index is 11.6. The third kappa shape index (κ3) is 15.9. The van der Waals surface area contributed by atoms with Gasteiger partial charge < -0.3 is 29.2 Å². The fraction of sp³-hybridized carbons (Fsp3) is 0.564. The predicted octanol–water partition coefficient (Wildman–Crippen LogP) is 5.46. The van der Waals surface area contributed by atoms with Gasteiger partial charge in [0.25, 0.3) is 0 Å². The van der Waals surface area contributed by atoms with Crippen LogP contribution >= 0.6 is 0 Å². The smallest absolute Gasteiger partial charge is 0.169 e. The summed E-state index contributed by atoms with van der Waals surface area (Å²) in [7, 11) is 1.00. The molecular weight excluding hydrogens is 632 g/mol. The van der Waals surface area contributed by atoms with E-state index in [1.165, 1.54) is 39.0 Å². The highest BCUT2D eigenvalue weighted by atomic mass is 16.5. The number of aromatic amines is 1. The molecule has 2 aliphatic heterocycles. The van der Waals surface area contributed by atoms with Gasteiger partial charge in [-0.25, -0.2) is 0 Å². The maximum Gasteiger partial charge on any atom is 0.169 e. The van der Waals surface area contributed by atoms with Gasteiger partial charge in [0.1, 0.15) is 17.8 Å². The van der Waals surface area contributed by atoms with Crippen LogP contribution in [0.4, 0.5) is 0 Å². The molecule has 0 bridgehead atoms. The van der Waals surface area contributed by atoms with E-state index < -0.39 is 0 Å². The van der Waals surface area contributed by atoms with Crippen molar-refractivity contribution in [3.05, 3.63) is 66.4 Å². The third-order valence-corrected chi connectivity index (χ3v) is 8.77. The van der Waals surface area contributed by atoms with Crippen LogP contribution in [0.1, 0.15) is 70.2 Å². The standard InChI is InChI=1S/C19H27N3O.C19H27NO3.CH4O.H4N2/c1-15-12-16(2)14-22(13-15)10-3-11-23-18-6-4-17(5-7-18)19-8-9-20-21-19;1-15-12-16(2)14-20(13-15)9-3-11-23-18-6-4-17(5-7-18)19(22)8-10-21;2*1-2/h4-9,15-16H,3,10-14H2,1-2H3,(H,20,21);4-7,10,15-16H,3,8-9,11-14H2,1-2H3;2H,1H3;1-2H2/t2*15-,16-;;/m11../s1. The van der Waals surface area contributed by atoms with Gasteiger partial charge in [0.05, 0.1) is 25.3 Å². The number of nitrogens with zero attached hydrogens (tertiary/aromatic N) is 3. The average Bonchev–Trinajstić information content (AvgIpc) is 3.66. The van der Waals surface area contributed by atoms with Gasteiger partial charge in [0.2, 0.25) is 0 Å². The van der Waals surface area contributed by atoms with Gasteiger partial charge in [-0.05, 0) is 110 Å². The van der Waals surface area contributed by atoms with Crippen LogP contribution in [0.2, 0.25) is 0 Å². The zero-order valence-electron chi connectivity index (χ0n) is 30.9. The lowest BCUT2D eigenvalue weighted by Gasteiger charge is -2.34. The summed E-state index contributed by atoms with van der Waals surface area (Å²) in [5.74, 6) is 12.8. The molecule has 0 unspecified atom stereocenters. The van der Waals surface area contributed by atoms with Crippen LogP contribution < -0.4 is 21.2 Å². The molecule has 50 heavy (non-hydrogen) atoms. The Kier molecular flexibility index (Phi) is 20.9. The molecule has 3 heterocycles. The van der Waals surface area contributed by atoms with Crippen molar-refractivity contribution >= 4 is 12.1 Å². The number of H-pyrrole nitrogens is 1. The number of piperidine rings is 2. The molecule has 1 aromatic heterocycles. The fourth-order valence-corrected chi connectivity index (χ4v) is 6.98. The average molecular weight is 695 g/mol. The number of aliphatic hydroxyl groups is 1. The van der Waals surface area contributed by atoms with Crippen molar-refractivity contribution in [2.24, 2.45) is 35.4 Å². The number of carbonyl (C=O) groups is 2. The lowest BCUT2D eigenvalue weighted by molar-refractivity contribution is -0.107. The van der Waals surface area contributed by atoms with E-state index in [1.807, 2.05) is 18.2 Å². The summed E-state index contributed by atoms with van der Waals surface area (Å²) in [5.41, 5.74) is 2.72. The van der Waals surface area contributed by atoms with Crippen molar-refractivity contribution in [2.45, 2.75) is 59.8 Å². The van der Waals surface area contributed by atoms with Crippen molar-refractivity contribution in [3.63, 3.8) is 0 Å². The Morgan fingerprint density at radius 2 is 1.22 bits per heavy atom. The first-order valence-electron chi connectivity index (χ1n) is 17.9. The SMILES string of the molecule is CO.C[C@@H]1C[C@@H](C)CN(CCCOc2ccc(-c3ccn[nH]3)cc2)C1.C[C@@H]1C[C@@H](C)CN(CCCOc2ccc(C(=O)CC=O)cc2)C1.NN. The van der Waals surface area contributed by atoms with Crippen molar-refractivity contribution < 1.29 is 24.2 Å². The van der Waals surface area contributed by atoms with E-state index in [9.17, 15) is 9.59 Å². The molecule has 2 saturated heterocycles. The number of aldehydes is 1. The van der Waals surface area contributed by atoms with Crippen LogP contribution in [0.5, 0.6) is 11.5 Å². The molecule has 3 aromatic rings. The number of aliphatic hydroxyl groups excluding tert-OH is 1. The molecule has 0 radical (unpaired) electrons. The Morgan fingerprint density at radius 3 is 1.62 bits per heavy atom. The van der Waals surface area contributed by atoms with E-state index >= 15 is 0 Å². The first-order valence-corrected chi connectivity index (χ1v) is 17.9. The van der Waals surface area contributed by atoms with E-state index in [0.29, 0.717) is 18.5 Å². The Morgan fingerprint density at radius 1 is 0.780 bits per heavy atom. The Hall–Kier alpha value is -3.61. The highest BCUT2D eigenvalue weighted by Gasteiger charge is 2.22. The van der Waals surface area contributed by atoms with E-state index in [-0.39, 0.29) is 12.2 Å². The molecule has 2 fully saturated rings. The van der Waals surface area contributed by atoms with Crippen molar-refractivity contribution in [1.29, 1.82) is 0 Å². The molecule has 2 aromatic carbocycles. The molecule has 5 rings (SSSR count). The predicted molar refractivity (Wildman–Crippen MR) is 201 cm³/mol. The number of hydrogen-bond donors (Lipinski definition) is 4. The first-order chi connectivity index (χ1) is 24.3. The molecule has 6 N–H and O–H groups in total. The van der Waals surface area contributed by atoms with Crippen LogP contribution in [0.15, 0.2) is 60.8 Å². The number of hydrazine groups is 1. The lowest BCUT2D eigenvalue weighted by Crippen LogP contribution is -2.39. The fourth-order valence-electron chi connectivity index (χ4n) is 6.98. The van der Waals surface area contributed by atoms with Crippen LogP contribution in [0, 0.1) is 23.7 Å². The number of aromatic nitrogens is 2. The number of benzene rings is 2. The highest BCUT2D eigenvalue weighted by molar-refractivity contribution is 6.02. The molecule has 2 aliphatic rings. The van der Waals surface area contributed by atoms with Gasteiger partial charge in [-0.15, -0.1) is 0 Å². The number of ketones is 1. The highest BCUT2D eigenvalue weighted by Crippen LogP contribution is 2.23. The Labute approximate surface area is 299 Å². The second-order valence-electron chi connectivity index (χ2n) is 13.6. The van der Waals surface area contributed by atoms with Crippen molar-refractivity contribution in [2.75, 3.05) is 59.6 Å². The second-order valence-corrected chi connectivity index (χ2v) is 13.6. The minimum absolute atomic E-state index is 0.0626. The molecule has 0 aliphatic carbocycles. The third-order valence-electron chi connectivity index (χ3n) is 8.77. The molecule has 11 heteroatoms. The van der Waals surface area contributed by atoms with E-state index in [0.717, 1.165) is 86.1 Å². The summed E-state index contributed by atoms with van der Waals surface area (Å²) in [6, 6.07) is 17.2. The number of rotatable bonds is 14. The summed E-state index contributed by atoms with van der Waals surface area (Å²) >= 11 is 0. The number of hydrogen-bond acceptors (Lipinski definition) is 10. The summed E-state index contributed by atoms with van der Waals surface area (Å²) < 4.78 is 11.6. The van der Waals surface area contributed by atoms with Gasteiger partial charge in [0.15, 0.2) is 5.78 Å². The molecule has 0 saturated carbocycles. The molecule has 278 valence electrons. The summed E-state index contributed by atoms with van der Waals surface area (Å²) in [4.78, 5) is 27.0. The number of ether oxygens (including phenoxy) is 2. The number of carbonyl (C=O) groups excluding carboxylic acids is 2. The number of Topliss-reactive ketones (excluding diaryl/α,β-unsaturated/α-hetero) is 1. The largest absolute Gasteiger partial charge is 0.494 e. The van der Waals surface area contributed by atoms with Gasteiger partial charge in [-0.3, -0.25) is 21.6 Å². The van der Waals surface area contributed by atoms with Crippen LogP contribution in [-0.4, -0.2) is 96.8 Å². The van der Waals surface area contributed by atoms with Crippen LogP contribution in [0.3, 0.4) is 0 Å². The molecule has 11 nitrogen and oxygen atoms in total. The molecule has 0 spiro atoms. The Bertz CT molecular complexity index is 1290. The maximum atomic E-state index is 11.6. The molecular formula is C39H62N6O5. The Balaban J connectivity index is 0.000000316. The zero-order valence-corrected chi connectivity index (χ0v) is 30.9. The van der Waals surface area contributed by atoms with Gasteiger partial charge >= 0.3 is 0 Å². The molecule has 0 amide bonds. The van der Waals surface area contributed by atoms with Crippen LogP contribution in [-0.2, 0) is 4.79 Å². The first kappa shape index (κ1) is 42.6. The zero-order chi connectivity index (χ0) is 36.7. The summed E-state index contributed by atoms with van der Waals surface area (Å²) in [6.45, 7) is 17.9. The number of nitrogens with two attached hydrogens (primary N) is 2. The number of likely N-dealkylation sites (tertiary alicyclic amines) is 2. The van der Waals surface area contributed by atoms with Crippen molar-refractivity contribution in [1.82, 2.24) is 20.0 Å². The van der Waals surface area contributed by atoms with Crippen molar-refractivity contribution in [3.8, 4) is 22.8 Å². The van der Waals surface area contributed by atoms with E-state index in [2.05, 4.69) is 71.5 Å². The second kappa shape index (κ2) is 24.5. The van der Waals surface area contributed by atoms with E-state index in [4.69, 9.17) is 14.6 Å². The minimum Gasteiger partial charge on any atom is -0.494 e. The monoisotopic (exact) mass is 694 g/mol. The van der Waals surface area contributed by atoms with Gasteiger partial charge in [-0.2, -0.15) is 5.10 Å².